The largest absolute Gasteiger partial charge is 0.352 e. The van der Waals surface area contributed by atoms with Gasteiger partial charge in [-0.3, -0.25) is 13.9 Å². The molecular weight excluding hydrogens is 308 g/mol. The number of hydrogen-bond acceptors (Lipinski definition) is 3. The van der Waals surface area contributed by atoms with Crippen molar-refractivity contribution in [2.24, 2.45) is 5.41 Å². The fraction of sp³-hybridized carbons (Fsp3) is 0.611. The maximum Gasteiger partial charge on any atom is 0.226 e. The van der Waals surface area contributed by atoms with Crippen LogP contribution in [-0.4, -0.2) is 46.2 Å². The minimum absolute atomic E-state index is 0.0347. The van der Waals surface area contributed by atoms with E-state index < -0.39 is 10.8 Å². The summed E-state index contributed by atoms with van der Waals surface area (Å²) < 4.78 is 11.3. The molecule has 0 saturated carbocycles. The second-order valence-electron chi connectivity index (χ2n) is 6.94. The molecule has 1 heterocycles. The van der Waals surface area contributed by atoms with E-state index in [2.05, 4.69) is 41.4 Å². The first-order valence-electron chi connectivity index (χ1n) is 8.26. The molecule has 0 bridgehead atoms. The van der Waals surface area contributed by atoms with Crippen molar-refractivity contribution in [2.75, 3.05) is 25.1 Å². The third kappa shape index (κ3) is 5.43. The Hall–Kier alpha value is -1.20. The van der Waals surface area contributed by atoms with Gasteiger partial charge >= 0.3 is 0 Å². The highest BCUT2D eigenvalue weighted by Gasteiger charge is 2.37. The molecule has 128 valence electrons. The number of carbonyl (C=O) groups is 1. The Morgan fingerprint density at radius 2 is 1.91 bits per heavy atom. The van der Waals surface area contributed by atoms with Crippen LogP contribution in [0, 0.1) is 5.41 Å². The van der Waals surface area contributed by atoms with Crippen LogP contribution in [0.15, 0.2) is 30.3 Å². The molecule has 1 aromatic rings. The number of nitrogens with zero attached hydrogens (tertiary/aromatic N) is 1. The van der Waals surface area contributed by atoms with Gasteiger partial charge in [0.15, 0.2) is 0 Å². The lowest BCUT2D eigenvalue weighted by molar-refractivity contribution is -0.133. The molecule has 0 aromatic heterocycles. The van der Waals surface area contributed by atoms with E-state index in [-0.39, 0.29) is 17.4 Å². The summed E-state index contributed by atoms with van der Waals surface area (Å²) in [5, 5.41) is 3.04. The highest BCUT2D eigenvalue weighted by molar-refractivity contribution is 7.84. The van der Waals surface area contributed by atoms with E-state index in [1.807, 2.05) is 13.0 Å². The van der Waals surface area contributed by atoms with Crippen LogP contribution < -0.4 is 5.32 Å². The van der Waals surface area contributed by atoms with E-state index in [1.54, 1.807) is 6.26 Å². The Morgan fingerprint density at radius 3 is 2.48 bits per heavy atom. The smallest absolute Gasteiger partial charge is 0.226 e. The topological polar surface area (TPSA) is 49.4 Å². The summed E-state index contributed by atoms with van der Waals surface area (Å²) >= 11 is 0. The van der Waals surface area contributed by atoms with E-state index in [0.29, 0.717) is 5.75 Å². The highest BCUT2D eigenvalue weighted by atomic mass is 32.2. The second-order valence-corrected chi connectivity index (χ2v) is 8.42. The molecule has 2 atom stereocenters. The Labute approximate surface area is 142 Å². The number of nitrogens with one attached hydrogen (secondary N) is 1. The standard InChI is InChI=1S/C18H28N2O2S/c1-15(14-23(3)22)19-17(21)18(2)9-11-20(12-10-18)13-16-7-5-4-6-8-16/h4-8,15H,9-14H2,1-3H3,(H,19,21)/t15-,23+/m0/s1. The number of hydrogen-bond donors (Lipinski definition) is 1. The Kier molecular flexibility index (Phi) is 6.36. The van der Waals surface area contributed by atoms with Gasteiger partial charge in [-0.25, -0.2) is 0 Å². The molecule has 1 aromatic carbocycles. The van der Waals surface area contributed by atoms with Gasteiger partial charge in [-0.05, 0) is 38.4 Å². The maximum atomic E-state index is 12.5. The van der Waals surface area contributed by atoms with Gasteiger partial charge in [0, 0.05) is 40.8 Å². The molecule has 1 N–H and O–H groups in total. The van der Waals surface area contributed by atoms with Crippen molar-refractivity contribution in [1.29, 1.82) is 0 Å². The molecule has 0 aliphatic carbocycles. The van der Waals surface area contributed by atoms with Gasteiger partial charge in [-0.1, -0.05) is 37.3 Å². The highest BCUT2D eigenvalue weighted by Crippen LogP contribution is 2.31. The molecule has 0 radical (unpaired) electrons. The predicted octanol–water partition coefficient (Wildman–Crippen LogP) is 2.17. The monoisotopic (exact) mass is 336 g/mol. The zero-order chi connectivity index (χ0) is 16.9. The van der Waals surface area contributed by atoms with Crippen molar-refractivity contribution in [3.8, 4) is 0 Å². The van der Waals surface area contributed by atoms with Crippen LogP contribution in [0.5, 0.6) is 0 Å². The predicted molar refractivity (Wildman–Crippen MR) is 95.6 cm³/mol. The fourth-order valence-electron chi connectivity index (χ4n) is 3.07. The van der Waals surface area contributed by atoms with E-state index >= 15 is 0 Å². The SMILES string of the molecule is C[C@@H](C[S@@](C)=O)NC(=O)C1(C)CCN(Cc2ccccc2)CC1. The van der Waals surface area contributed by atoms with Gasteiger partial charge in [0.05, 0.1) is 0 Å². The van der Waals surface area contributed by atoms with E-state index in [1.165, 1.54) is 5.56 Å². The number of benzene rings is 1. The van der Waals surface area contributed by atoms with Gasteiger partial charge < -0.3 is 5.32 Å². The maximum absolute atomic E-state index is 12.5. The number of likely N-dealkylation sites (tertiary alicyclic amines) is 1. The van der Waals surface area contributed by atoms with Crippen LogP contribution in [0.25, 0.3) is 0 Å². The Balaban J connectivity index is 1.84. The summed E-state index contributed by atoms with van der Waals surface area (Å²) in [5.74, 6) is 0.622. The van der Waals surface area contributed by atoms with Crippen molar-refractivity contribution < 1.29 is 9.00 Å². The van der Waals surface area contributed by atoms with Crippen LogP contribution in [0.4, 0.5) is 0 Å². The third-order valence-electron chi connectivity index (χ3n) is 4.62. The third-order valence-corrected chi connectivity index (χ3v) is 5.59. The molecule has 1 fully saturated rings. The average molecular weight is 337 g/mol. The second kappa shape index (κ2) is 8.06. The first-order chi connectivity index (χ1) is 10.9. The zero-order valence-corrected chi connectivity index (χ0v) is 15.2. The minimum Gasteiger partial charge on any atom is -0.352 e. The van der Waals surface area contributed by atoms with Gasteiger partial charge in [0.1, 0.15) is 0 Å². The van der Waals surface area contributed by atoms with Gasteiger partial charge in [0.2, 0.25) is 5.91 Å². The molecule has 5 heteroatoms. The van der Waals surface area contributed by atoms with Crippen molar-refractivity contribution in [2.45, 2.75) is 39.3 Å². The van der Waals surface area contributed by atoms with Crippen molar-refractivity contribution in [1.82, 2.24) is 10.2 Å². The summed E-state index contributed by atoms with van der Waals surface area (Å²) in [6.07, 6.45) is 3.41. The molecule has 1 aliphatic heterocycles. The Morgan fingerprint density at radius 1 is 1.30 bits per heavy atom. The van der Waals surface area contributed by atoms with Crippen LogP contribution in [0.3, 0.4) is 0 Å². The molecule has 1 aliphatic rings. The van der Waals surface area contributed by atoms with E-state index in [0.717, 1.165) is 32.5 Å². The molecular formula is C18H28N2O2S. The lowest BCUT2D eigenvalue weighted by Crippen LogP contribution is -2.49. The lowest BCUT2D eigenvalue weighted by Gasteiger charge is -2.38. The average Bonchev–Trinajstić information content (AvgIpc) is 2.50. The van der Waals surface area contributed by atoms with Gasteiger partial charge in [0.25, 0.3) is 0 Å². The quantitative estimate of drug-likeness (QED) is 0.866. The minimum atomic E-state index is -0.882. The molecule has 0 spiro atoms. The first kappa shape index (κ1) is 18.1. The van der Waals surface area contributed by atoms with Gasteiger partial charge in [-0.2, -0.15) is 0 Å². The number of carbonyl (C=O) groups excluding carboxylic acids is 1. The van der Waals surface area contributed by atoms with Crippen molar-refractivity contribution >= 4 is 16.7 Å². The molecule has 1 amide bonds. The van der Waals surface area contributed by atoms with Gasteiger partial charge in [-0.15, -0.1) is 0 Å². The lowest BCUT2D eigenvalue weighted by atomic mass is 9.79. The summed E-state index contributed by atoms with van der Waals surface area (Å²) in [5.41, 5.74) is 1.01. The summed E-state index contributed by atoms with van der Waals surface area (Å²) in [7, 11) is -0.882. The van der Waals surface area contributed by atoms with E-state index in [9.17, 15) is 9.00 Å². The van der Waals surface area contributed by atoms with Crippen LogP contribution in [-0.2, 0) is 22.1 Å². The zero-order valence-electron chi connectivity index (χ0n) is 14.4. The molecule has 23 heavy (non-hydrogen) atoms. The normalized spacial score (nSPS) is 20.7. The number of rotatable bonds is 6. The van der Waals surface area contributed by atoms with Crippen molar-refractivity contribution in [3.05, 3.63) is 35.9 Å². The summed E-state index contributed by atoms with van der Waals surface area (Å²) in [4.78, 5) is 15.0. The first-order valence-corrected chi connectivity index (χ1v) is 9.99. The van der Waals surface area contributed by atoms with Crippen LogP contribution in [0.2, 0.25) is 0 Å². The van der Waals surface area contributed by atoms with Crippen LogP contribution in [0.1, 0.15) is 32.3 Å². The Bertz CT molecular complexity index is 539. The molecule has 0 unspecified atom stereocenters. The van der Waals surface area contributed by atoms with E-state index in [4.69, 9.17) is 0 Å². The number of amides is 1. The summed E-state index contributed by atoms with van der Waals surface area (Å²) in [6, 6.07) is 10.4. The fourth-order valence-corrected chi connectivity index (χ4v) is 3.85. The summed E-state index contributed by atoms with van der Waals surface area (Å²) in [6.45, 7) is 6.80. The molecule has 4 nitrogen and oxygen atoms in total. The van der Waals surface area contributed by atoms with Crippen molar-refractivity contribution in [3.63, 3.8) is 0 Å². The molecule has 1 saturated heterocycles. The van der Waals surface area contributed by atoms with Crippen LogP contribution >= 0.6 is 0 Å². The number of piperidine rings is 1. The molecule has 2 rings (SSSR count).